The Hall–Kier alpha value is -1.85. The van der Waals surface area contributed by atoms with E-state index < -0.39 is 0 Å². The van der Waals surface area contributed by atoms with E-state index >= 15 is 0 Å². The lowest BCUT2D eigenvalue weighted by molar-refractivity contribution is 0.0954. The van der Waals surface area contributed by atoms with Crippen LogP contribution in [0.5, 0.6) is 0 Å². The second-order valence-electron chi connectivity index (χ2n) is 5.39. The molecule has 0 bridgehead atoms. The molecular formula is C17H25ClN4O. The van der Waals surface area contributed by atoms with Gasteiger partial charge in [0, 0.05) is 24.3 Å². The predicted octanol–water partition coefficient (Wildman–Crippen LogP) is 2.64. The molecule has 0 saturated heterocycles. The fraction of sp³-hybridized carbons (Fsp3) is 0.412. The first-order chi connectivity index (χ1) is 10.6. The Kier molecular flexibility index (Phi) is 7.78. The average molecular weight is 337 g/mol. The molecule has 1 amide bonds. The van der Waals surface area contributed by atoms with Gasteiger partial charge in [-0.3, -0.25) is 4.79 Å². The first-order valence-corrected chi connectivity index (χ1v) is 7.74. The quantitative estimate of drug-likeness (QED) is 0.764. The minimum Gasteiger partial charge on any atom is -0.351 e. The molecule has 0 saturated carbocycles. The zero-order chi connectivity index (χ0) is 15.9. The van der Waals surface area contributed by atoms with Crippen molar-refractivity contribution in [3.05, 3.63) is 47.3 Å². The summed E-state index contributed by atoms with van der Waals surface area (Å²) in [6.45, 7) is 8.52. The minimum atomic E-state index is -0.0433. The molecule has 0 aliphatic rings. The molecule has 1 heterocycles. The van der Waals surface area contributed by atoms with E-state index in [1.807, 2.05) is 48.9 Å². The van der Waals surface area contributed by atoms with Crippen LogP contribution in [0.3, 0.4) is 0 Å². The molecule has 0 unspecified atom stereocenters. The Morgan fingerprint density at radius 3 is 2.39 bits per heavy atom. The number of hydrogen-bond donors (Lipinski definition) is 2. The molecule has 126 valence electrons. The van der Waals surface area contributed by atoms with Crippen LogP contribution in [0, 0.1) is 13.8 Å². The van der Waals surface area contributed by atoms with Gasteiger partial charge in [0.2, 0.25) is 0 Å². The van der Waals surface area contributed by atoms with Gasteiger partial charge in [-0.1, -0.05) is 6.92 Å². The van der Waals surface area contributed by atoms with Crippen molar-refractivity contribution in [3.8, 4) is 5.69 Å². The lowest BCUT2D eigenvalue weighted by Crippen LogP contribution is -2.32. The maximum absolute atomic E-state index is 12.0. The molecule has 0 aliphatic carbocycles. The first-order valence-electron chi connectivity index (χ1n) is 7.74. The van der Waals surface area contributed by atoms with Crippen LogP contribution in [0.15, 0.2) is 30.3 Å². The molecule has 23 heavy (non-hydrogen) atoms. The van der Waals surface area contributed by atoms with Crippen LogP contribution in [0.1, 0.15) is 35.1 Å². The van der Waals surface area contributed by atoms with Crippen molar-refractivity contribution in [2.45, 2.75) is 27.2 Å². The number of carbonyl (C=O) groups is 1. The van der Waals surface area contributed by atoms with E-state index in [1.165, 1.54) is 0 Å². The fourth-order valence-electron chi connectivity index (χ4n) is 2.31. The van der Waals surface area contributed by atoms with Crippen LogP contribution in [0.25, 0.3) is 5.69 Å². The van der Waals surface area contributed by atoms with Crippen LogP contribution >= 0.6 is 12.4 Å². The summed E-state index contributed by atoms with van der Waals surface area (Å²) in [4.78, 5) is 12.0. The van der Waals surface area contributed by atoms with E-state index in [0.29, 0.717) is 12.1 Å². The van der Waals surface area contributed by atoms with Crippen molar-refractivity contribution in [2.24, 2.45) is 0 Å². The van der Waals surface area contributed by atoms with Crippen molar-refractivity contribution in [2.75, 3.05) is 19.6 Å². The first kappa shape index (κ1) is 19.2. The zero-order valence-corrected chi connectivity index (χ0v) is 14.7. The fourth-order valence-corrected chi connectivity index (χ4v) is 2.31. The highest BCUT2D eigenvalue weighted by Crippen LogP contribution is 2.13. The SMILES string of the molecule is CCCNCCNC(=O)c1ccc(-n2nc(C)cc2C)cc1.Cl. The van der Waals surface area contributed by atoms with Gasteiger partial charge in [0.05, 0.1) is 11.4 Å². The number of benzene rings is 1. The molecule has 1 aromatic heterocycles. The van der Waals surface area contributed by atoms with Crippen molar-refractivity contribution in [3.63, 3.8) is 0 Å². The van der Waals surface area contributed by atoms with E-state index in [1.54, 1.807) is 0 Å². The molecule has 0 radical (unpaired) electrons. The number of halogens is 1. The van der Waals surface area contributed by atoms with Gasteiger partial charge in [-0.25, -0.2) is 4.68 Å². The third-order valence-electron chi connectivity index (χ3n) is 3.40. The standard InChI is InChI=1S/C17H24N4O.ClH/c1-4-9-18-10-11-19-17(22)15-5-7-16(8-6-15)21-14(3)12-13(2)20-21;/h5-8,12,18H,4,9-11H2,1-3H3,(H,19,22);1H. The average Bonchev–Trinajstić information content (AvgIpc) is 2.85. The van der Waals surface area contributed by atoms with Gasteiger partial charge >= 0.3 is 0 Å². The van der Waals surface area contributed by atoms with E-state index in [2.05, 4.69) is 22.7 Å². The van der Waals surface area contributed by atoms with Crippen molar-refractivity contribution >= 4 is 18.3 Å². The van der Waals surface area contributed by atoms with Crippen molar-refractivity contribution in [1.29, 1.82) is 0 Å². The molecule has 2 rings (SSSR count). The van der Waals surface area contributed by atoms with Gasteiger partial charge in [-0.15, -0.1) is 12.4 Å². The molecule has 0 spiro atoms. The summed E-state index contributed by atoms with van der Waals surface area (Å²) >= 11 is 0. The number of nitrogens with one attached hydrogen (secondary N) is 2. The molecule has 6 heteroatoms. The topological polar surface area (TPSA) is 58.9 Å². The van der Waals surface area contributed by atoms with Crippen LogP contribution in [0.2, 0.25) is 0 Å². The molecule has 5 nitrogen and oxygen atoms in total. The Morgan fingerprint density at radius 1 is 1.13 bits per heavy atom. The van der Waals surface area contributed by atoms with E-state index in [0.717, 1.165) is 36.6 Å². The highest BCUT2D eigenvalue weighted by Gasteiger charge is 2.07. The summed E-state index contributed by atoms with van der Waals surface area (Å²) in [5, 5.41) is 10.6. The number of rotatable bonds is 7. The maximum Gasteiger partial charge on any atom is 0.251 e. The summed E-state index contributed by atoms with van der Waals surface area (Å²) in [5.74, 6) is -0.0433. The van der Waals surface area contributed by atoms with Gasteiger partial charge in [0.25, 0.3) is 5.91 Å². The molecule has 2 N–H and O–H groups in total. The van der Waals surface area contributed by atoms with E-state index in [4.69, 9.17) is 0 Å². The summed E-state index contributed by atoms with van der Waals surface area (Å²) in [6, 6.07) is 9.54. The highest BCUT2D eigenvalue weighted by atomic mass is 35.5. The van der Waals surface area contributed by atoms with Gasteiger partial charge in [-0.05, 0) is 57.1 Å². The molecule has 1 aromatic carbocycles. The lowest BCUT2D eigenvalue weighted by Gasteiger charge is -2.08. The van der Waals surface area contributed by atoms with Crippen LogP contribution in [0.4, 0.5) is 0 Å². The number of nitrogens with zero attached hydrogens (tertiary/aromatic N) is 2. The zero-order valence-electron chi connectivity index (χ0n) is 13.9. The summed E-state index contributed by atoms with van der Waals surface area (Å²) in [6.07, 6.45) is 1.10. The molecule has 0 fully saturated rings. The predicted molar refractivity (Wildman–Crippen MR) is 95.8 cm³/mol. The second kappa shape index (κ2) is 9.33. The van der Waals surface area contributed by atoms with Crippen LogP contribution in [-0.4, -0.2) is 35.3 Å². The Balaban J connectivity index is 0.00000264. The third kappa shape index (κ3) is 5.37. The number of aryl methyl sites for hydroxylation is 2. The number of aromatic nitrogens is 2. The summed E-state index contributed by atoms with van der Waals surface area (Å²) < 4.78 is 1.88. The minimum absolute atomic E-state index is 0. The Bertz CT molecular complexity index is 622. The van der Waals surface area contributed by atoms with Crippen molar-refractivity contribution in [1.82, 2.24) is 20.4 Å². The molecule has 0 aliphatic heterocycles. The van der Waals surface area contributed by atoms with Gasteiger partial charge in [-0.2, -0.15) is 5.10 Å². The highest BCUT2D eigenvalue weighted by molar-refractivity contribution is 5.94. The number of carbonyl (C=O) groups excluding carboxylic acids is 1. The third-order valence-corrected chi connectivity index (χ3v) is 3.40. The summed E-state index contributed by atoms with van der Waals surface area (Å²) in [5.41, 5.74) is 3.70. The summed E-state index contributed by atoms with van der Waals surface area (Å²) in [7, 11) is 0. The van der Waals surface area contributed by atoms with Gasteiger partial charge in [0.15, 0.2) is 0 Å². The smallest absolute Gasteiger partial charge is 0.251 e. The second-order valence-corrected chi connectivity index (χ2v) is 5.39. The number of amides is 1. The lowest BCUT2D eigenvalue weighted by atomic mass is 10.2. The number of hydrogen-bond acceptors (Lipinski definition) is 3. The monoisotopic (exact) mass is 336 g/mol. The molecular weight excluding hydrogens is 312 g/mol. The van der Waals surface area contributed by atoms with Crippen molar-refractivity contribution < 1.29 is 4.79 Å². The van der Waals surface area contributed by atoms with Crippen LogP contribution in [-0.2, 0) is 0 Å². The Labute approximate surface area is 143 Å². The molecule has 0 atom stereocenters. The van der Waals surface area contributed by atoms with E-state index in [-0.39, 0.29) is 18.3 Å². The van der Waals surface area contributed by atoms with Crippen LogP contribution < -0.4 is 10.6 Å². The molecule has 2 aromatic rings. The normalized spacial score (nSPS) is 10.2. The van der Waals surface area contributed by atoms with Gasteiger partial charge in [0.1, 0.15) is 0 Å². The Morgan fingerprint density at radius 2 is 1.83 bits per heavy atom. The van der Waals surface area contributed by atoms with E-state index in [9.17, 15) is 4.79 Å². The maximum atomic E-state index is 12.0. The van der Waals surface area contributed by atoms with Gasteiger partial charge < -0.3 is 10.6 Å². The largest absolute Gasteiger partial charge is 0.351 e.